The summed E-state index contributed by atoms with van der Waals surface area (Å²) in [5.41, 5.74) is 1.17. The molecule has 0 aromatic heterocycles. The molecule has 0 bridgehead atoms. The minimum absolute atomic E-state index is 0.0774. The summed E-state index contributed by atoms with van der Waals surface area (Å²) < 4.78 is 12.1. The molecule has 0 radical (unpaired) electrons. The molecule has 3 amide bonds. The second-order valence-corrected chi connectivity index (χ2v) is 8.60. The number of carbonyl (C=O) groups is 3. The zero-order chi connectivity index (χ0) is 23.5. The van der Waals surface area contributed by atoms with Gasteiger partial charge in [-0.1, -0.05) is 23.7 Å². The predicted molar refractivity (Wildman–Crippen MR) is 124 cm³/mol. The molecule has 33 heavy (non-hydrogen) atoms. The third-order valence-corrected chi connectivity index (χ3v) is 6.41. The van der Waals surface area contributed by atoms with Crippen molar-refractivity contribution in [3.05, 3.63) is 58.6 Å². The van der Waals surface area contributed by atoms with Gasteiger partial charge in [0.1, 0.15) is 18.5 Å². The summed E-state index contributed by atoms with van der Waals surface area (Å²) in [6, 6.07) is 11.5. The van der Waals surface area contributed by atoms with E-state index in [2.05, 4.69) is 10.6 Å². The first-order chi connectivity index (χ1) is 15.9. The van der Waals surface area contributed by atoms with E-state index in [1.54, 1.807) is 61.5 Å². The van der Waals surface area contributed by atoms with Crippen LogP contribution in [0.15, 0.2) is 42.5 Å². The summed E-state index contributed by atoms with van der Waals surface area (Å²) in [4.78, 5) is 39.3. The van der Waals surface area contributed by atoms with Gasteiger partial charge in [-0.05, 0) is 43.2 Å². The van der Waals surface area contributed by atoms with Gasteiger partial charge in [-0.25, -0.2) is 0 Å². The number of anilines is 1. The highest BCUT2D eigenvalue weighted by Gasteiger charge is 2.39. The Bertz CT molecular complexity index is 1080. The molecule has 1 saturated heterocycles. The molecule has 0 spiro atoms. The molecule has 9 heteroatoms. The van der Waals surface area contributed by atoms with Gasteiger partial charge in [0, 0.05) is 19.8 Å². The fraction of sp³-hybridized carbons (Fsp3) is 0.375. The van der Waals surface area contributed by atoms with Crippen molar-refractivity contribution in [1.29, 1.82) is 0 Å². The molecule has 0 saturated carbocycles. The van der Waals surface area contributed by atoms with Crippen molar-refractivity contribution in [2.45, 2.75) is 37.5 Å². The molecule has 174 valence electrons. The number of nitrogens with zero attached hydrogens (tertiary/aromatic N) is 1. The Balaban J connectivity index is 1.52. The molecule has 3 atom stereocenters. The number of fused-ring (bicyclic) bond motifs is 2. The number of hydrogen-bond acceptors (Lipinski definition) is 5. The molecule has 2 aromatic carbocycles. The topological polar surface area (TPSA) is 97.0 Å². The SMILES string of the molecule is CNC(=O)C[C@H]1CC[C@@H]2[C@@H](COc3ccc(NC(=O)c4ccccc4Cl)cc3C(=O)N2C)O1. The number of hydrogen-bond donors (Lipinski definition) is 2. The van der Waals surface area contributed by atoms with Crippen molar-refractivity contribution in [1.82, 2.24) is 10.2 Å². The van der Waals surface area contributed by atoms with Gasteiger partial charge in [0.25, 0.3) is 11.8 Å². The molecule has 4 rings (SSSR count). The highest BCUT2D eigenvalue weighted by atomic mass is 35.5. The Labute approximate surface area is 197 Å². The van der Waals surface area contributed by atoms with Crippen molar-refractivity contribution < 1.29 is 23.9 Å². The molecule has 2 aliphatic heterocycles. The first-order valence-electron chi connectivity index (χ1n) is 10.8. The molecule has 2 aromatic rings. The minimum Gasteiger partial charge on any atom is -0.490 e. The van der Waals surface area contributed by atoms with Crippen molar-refractivity contribution in [2.75, 3.05) is 26.0 Å². The van der Waals surface area contributed by atoms with Crippen LogP contribution in [-0.2, 0) is 9.53 Å². The van der Waals surface area contributed by atoms with Crippen molar-refractivity contribution in [3.63, 3.8) is 0 Å². The third-order valence-electron chi connectivity index (χ3n) is 6.08. The number of nitrogens with one attached hydrogen (secondary N) is 2. The molecular formula is C24H26ClN3O5. The predicted octanol–water partition coefficient (Wildman–Crippen LogP) is 3.11. The van der Waals surface area contributed by atoms with Gasteiger partial charge >= 0.3 is 0 Å². The summed E-state index contributed by atoms with van der Waals surface area (Å²) >= 11 is 6.12. The number of likely N-dealkylation sites (N-methyl/N-ethyl adjacent to an activating group) is 1. The zero-order valence-corrected chi connectivity index (χ0v) is 19.2. The lowest BCUT2D eigenvalue weighted by molar-refractivity contribution is -0.133. The van der Waals surface area contributed by atoms with E-state index in [-0.39, 0.29) is 49.0 Å². The smallest absolute Gasteiger partial charge is 0.257 e. The van der Waals surface area contributed by atoms with Crippen LogP contribution in [0.4, 0.5) is 5.69 Å². The lowest BCUT2D eigenvalue weighted by Crippen LogP contribution is -2.53. The Kier molecular flexibility index (Phi) is 6.85. The van der Waals surface area contributed by atoms with E-state index in [9.17, 15) is 14.4 Å². The summed E-state index contributed by atoms with van der Waals surface area (Å²) in [6.45, 7) is 0.255. The van der Waals surface area contributed by atoms with Gasteiger partial charge in [-0.15, -0.1) is 0 Å². The number of halogens is 1. The molecule has 2 N–H and O–H groups in total. The molecule has 8 nitrogen and oxygen atoms in total. The Morgan fingerprint density at radius 1 is 1.18 bits per heavy atom. The van der Waals surface area contributed by atoms with Gasteiger partial charge in [0.15, 0.2) is 0 Å². The second kappa shape index (κ2) is 9.80. The van der Waals surface area contributed by atoms with Crippen LogP contribution in [0.2, 0.25) is 5.02 Å². The summed E-state index contributed by atoms with van der Waals surface area (Å²) in [7, 11) is 3.34. The maximum Gasteiger partial charge on any atom is 0.257 e. The van der Waals surface area contributed by atoms with Gasteiger partial charge < -0.3 is 25.0 Å². The number of amides is 3. The van der Waals surface area contributed by atoms with Crippen LogP contribution < -0.4 is 15.4 Å². The number of ether oxygens (including phenoxy) is 2. The van der Waals surface area contributed by atoms with E-state index in [1.807, 2.05) is 0 Å². The van der Waals surface area contributed by atoms with E-state index in [0.29, 0.717) is 40.4 Å². The largest absolute Gasteiger partial charge is 0.490 e. The quantitative estimate of drug-likeness (QED) is 0.714. The lowest BCUT2D eigenvalue weighted by Gasteiger charge is -2.42. The Morgan fingerprint density at radius 3 is 2.73 bits per heavy atom. The molecular weight excluding hydrogens is 446 g/mol. The van der Waals surface area contributed by atoms with Crippen LogP contribution in [-0.4, -0.2) is 61.6 Å². The van der Waals surface area contributed by atoms with E-state index >= 15 is 0 Å². The van der Waals surface area contributed by atoms with Crippen LogP contribution in [0.25, 0.3) is 0 Å². The molecule has 2 aliphatic rings. The average Bonchev–Trinajstić information content (AvgIpc) is 2.82. The van der Waals surface area contributed by atoms with Crippen LogP contribution >= 0.6 is 11.6 Å². The Hall–Kier alpha value is -3.10. The van der Waals surface area contributed by atoms with E-state index in [1.165, 1.54) is 0 Å². The maximum atomic E-state index is 13.3. The second-order valence-electron chi connectivity index (χ2n) is 8.19. The minimum atomic E-state index is -0.365. The van der Waals surface area contributed by atoms with E-state index < -0.39 is 0 Å². The Morgan fingerprint density at radius 2 is 1.97 bits per heavy atom. The average molecular weight is 472 g/mol. The highest BCUT2D eigenvalue weighted by Crippen LogP contribution is 2.32. The zero-order valence-electron chi connectivity index (χ0n) is 18.5. The van der Waals surface area contributed by atoms with Gasteiger partial charge in [-0.3, -0.25) is 14.4 Å². The fourth-order valence-corrected chi connectivity index (χ4v) is 4.48. The molecule has 0 aliphatic carbocycles. The van der Waals surface area contributed by atoms with Crippen LogP contribution in [0, 0.1) is 0 Å². The number of carbonyl (C=O) groups excluding carboxylic acids is 3. The normalized spacial score (nSPS) is 22.2. The van der Waals surface area contributed by atoms with Gasteiger partial charge in [0.2, 0.25) is 5.91 Å². The van der Waals surface area contributed by atoms with E-state index in [0.717, 1.165) is 0 Å². The van der Waals surface area contributed by atoms with Gasteiger partial charge in [0.05, 0.1) is 34.7 Å². The lowest BCUT2D eigenvalue weighted by atomic mass is 9.94. The number of benzene rings is 2. The highest BCUT2D eigenvalue weighted by molar-refractivity contribution is 6.34. The first kappa shape index (κ1) is 23.1. The molecule has 1 fully saturated rings. The fourth-order valence-electron chi connectivity index (χ4n) is 4.26. The summed E-state index contributed by atoms with van der Waals surface area (Å²) in [5, 5.41) is 5.76. The first-order valence-corrected chi connectivity index (χ1v) is 11.2. The molecule has 2 heterocycles. The van der Waals surface area contributed by atoms with Crippen molar-refractivity contribution >= 4 is 35.0 Å². The summed E-state index contributed by atoms with van der Waals surface area (Å²) in [5.74, 6) is -0.248. The van der Waals surface area contributed by atoms with Crippen molar-refractivity contribution in [2.24, 2.45) is 0 Å². The van der Waals surface area contributed by atoms with E-state index in [4.69, 9.17) is 21.1 Å². The van der Waals surface area contributed by atoms with Crippen LogP contribution in [0.1, 0.15) is 40.0 Å². The standard InChI is InChI=1S/C24H26ClN3O5/c1-26-22(29)12-15-8-9-19-21(33-15)13-32-20-10-7-14(11-17(20)24(31)28(19)2)27-23(30)16-5-3-4-6-18(16)25/h3-7,10-11,15,19,21H,8-9,12-13H2,1-2H3,(H,26,29)(H,27,30)/t15-,19-,21-/m1/s1. The monoisotopic (exact) mass is 471 g/mol. The third kappa shape index (κ3) is 4.96. The summed E-state index contributed by atoms with van der Waals surface area (Å²) in [6.07, 6.45) is 1.11. The maximum absolute atomic E-state index is 13.3. The van der Waals surface area contributed by atoms with Crippen molar-refractivity contribution in [3.8, 4) is 5.75 Å². The molecule has 0 unspecified atom stereocenters. The van der Waals surface area contributed by atoms with Crippen LogP contribution in [0.3, 0.4) is 0 Å². The van der Waals surface area contributed by atoms with Crippen LogP contribution in [0.5, 0.6) is 5.75 Å². The van der Waals surface area contributed by atoms with Gasteiger partial charge in [-0.2, -0.15) is 0 Å². The number of rotatable bonds is 4.